The molecule has 0 saturated carbocycles. The molecule has 0 fully saturated rings. The number of hydrogen-bond donors (Lipinski definition) is 1. The van der Waals surface area contributed by atoms with E-state index in [-0.39, 0.29) is 5.84 Å². The smallest absolute Gasteiger partial charge is 0.272 e. The Kier molecular flexibility index (Phi) is 0.569. The number of carbonyl (C=O) groups excluding carboxylic acids is 1. The summed E-state index contributed by atoms with van der Waals surface area (Å²) in [6.07, 6.45) is 0. The molecule has 0 amide bonds. The maximum atomic E-state index is 9.78. The van der Waals surface area contributed by atoms with Crippen molar-refractivity contribution in [2.24, 2.45) is 5.10 Å². The van der Waals surface area contributed by atoms with Gasteiger partial charge in [0, 0.05) is 0 Å². The van der Waals surface area contributed by atoms with Gasteiger partial charge in [0.05, 0.1) is 0 Å². The Morgan fingerprint density at radius 3 is 2.50 bits per heavy atom. The Balaban J connectivity index is 2.52. The Morgan fingerprint density at radius 1 is 2.00 bits per heavy atom. The van der Waals surface area contributed by atoms with Crippen LogP contribution in [0.3, 0.4) is 0 Å². The largest absolute Gasteiger partial charge is 0.291 e. The molecule has 1 aliphatic heterocycles. The molecule has 3 nitrogen and oxygen atoms in total. The molecule has 1 rings (SSSR count). The molecule has 0 unspecified atom stereocenters. The van der Waals surface area contributed by atoms with Crippen LogP contribution in [0.1, 0.15) is 0 Å². The minimum Gasteiger partial charge on any atom is -0.272 e. The van der Waals surface area contributed by atoms with Crippen molar-refractivity contribution in [3.8, 4) is 0 Å². The molecule has 0 aromatic carbocycles. The third kappa shape index (κ3) is 0.490. The lowest BCUT2D eigenvalue weighted by atomic mass is 10.8. The number of nitrogens with zero attached hydrogens (tertiary/aromatic N) is 1. The summed E-state index contributed by atoms with van der Waals surface area (Å²) in [7, 11) is 0. The van der Waals surface area contributed by atoms with Crippen LogP contribution in [0.25, 0.3) is 0 Å². The molecule has 32 valence electrons. The Hall–Kier alpha value is -0.570. The molecule has 0 atom stereocenters. The fraction of sp³-hybridized carbons (Fsp3) is 0. The molecule has 0 aromatic heterocycles. The molecule has 0 aliphatic carbocycles. The number of nitrogens with one attached hydrogen (secondary N) is 1. The summed E-state index contributed by atoms with van der Waals surface area (Å²) in [5, 5.41) is 2.77. The van der Waals surface area contributed by atoms with Crippen LogP contribution >= 0.6 is 11.6 Å². The van der Waals surface area contributed by atoms with E-state index in [2.05, 4.69) is 10.5 Å². The minimum absolute atomic E-state index is 0.261. The first-order valence-electron chi connectivity index (χ1n) is 1.34. The van der Waals surface area contributed by atoms with E-state index in [1.54, 1.807) is 0 Å². The number of amidine groups is 1. The van der Waals surface area contributed by atoms with Crippen LogP contribution in [0.2, 0.25) is 0 Å². The topological polar surface area (TPSA) is 51.4 Å². The number of hydrogen-bond acceptors (Lipinski definition) is 3. The van der Waals surface area contributed by atoms with E-state index in [0.29, 0.717) is 0 Å². The number of carbonyl (C=O) groups is 1. The summed E-state index contributed by atoms with van der Waals surface area (Å²) in [4.78, 5) is 9.78. The number of rotatable bonds is 1. The van der Waals surface area contributed by atoms with Gasteiger partial charge in [-0.1, -0.05) is 0 Å². The molecular formula is C2HClN2O. The molecule has 0 saturated heterocycles. The van der Waals surface area contributed by atoms with Gasteiger partial charge in [0.1, 0.15) is 0 Å². The van der Waals surface area contributed by atoms with Gasteiger partial charge in [0.2, 0.25) is 5.84 Å². The van der Waals surface area contributed by atoms with Crippen LogP contribution < -0.4 is 5.43 Å². The number of hydrazone groups is 1. The lowest BCUT2D eigenvalue weighted by Gasteiger charge is -1.62. The third-order valence-electron chi connectivity index (χ3n) is 0.410. The molecule has 0 spiro atoms. The van der Waals surface area contributed by atoms with E-state index in [0.717, 1.165) is 0 Å². The highest BCUT2D eigenvalue weighted by atomic mass is 35.5. The molecule has 0 bridgehead atoms. The van der Waals surface area contributed by atoms with Gasteiger partial charge < -0.3 is 0 Å². The SMILES string of the molecule is O=C(Cl)C1=NN1. The highest BCUT2D eigenvalue weighted by molar-refractivity contribution is 6.83. The molecule has 1 aliphatic rings. The van der Waals surface area contributed by atoms with E-state index in [1.807, 2.05) is 0 Å². The van der Waals surface area contributed by atoms with Gasteiger partial charge in [0.15, 0.2) is 0 Å². The van der Waals surface area contributed by atoms with Gasteiger partial charge in [-0.05, 0) is 11.6 Å². The summed E-state index contributed by atoms with van der Waals surface area (Å²) >= 11 is 4.84. The summed E-state index contributed by atoms with van der Waals surface area (Å²) < 4.78 is 0. The lowest BCUT2D eigenvalue weighted by molar-refractivity contribution is -0.106. The average Bonchev–Trinajstić information content (AvgIpc) is 2.06. The van der Waals surface area contributed by atoms with Crippen molar-refractivity contribution >= 4 is 22.7 Å². The summed E-state index contributed by atoms with van der Waals surface area (Å²) in [6.45, 7) is 0. The highest BCUT2D eigenvalue weighted by Crippen LogP contribution is 1.90. The third-order valence-corrected chi connectivity index (χ3v) is 0.589. The van der Waals surface area contributed by atoms with Gasteiger partial charge in [-0.2, -0.15) is 0 Å². The van der Waals surface area contributed by atoms with Crippen molar-refractivity contribution in [2.75, 3.05) is 0 Å². The normalized spacial score (nSPS) is 15.2. The van der Waals surface area contributed by atoms with Crippen molar-refractivity contribution in [1.82, 2.24) is 5.43 Å². The predicted octanol–water partition coefficient (Wildman–Crippen LogP) is -0.331. The van der Waals surface area contributed by atoms with Crippen molar-refractivity contribution in [1.29, 1.82) is 0 Å². The first-order valence-corrected chi connectivity index (χ1v) is 1.72. The quantitative estimate of drug-likeness (QED) is 0.463. The second-order valence-corrected chi connectivity index (χ2v) is 1.19. The van der Waals surface area contributed by atoms with E-state index in [9.17, 15) is 4.79 Å². The standard InChI is InChI=1S/C2HClN2O/c3-1(6)2-4-5-2/h(H,4,5). The lowest BCUT2D eigenvalue weighted by Crippen LogP contribution is -1.99. The minimum atomic E-state index is -0.519. The fourth-order valence-electron chi connectivity index (χ4n) is 0.116. The fourth-order valence-corrected chi connectivity index (χ4v) is 0.200. The monoisotopic (exact) mass is 104 g/mol. The molecule has 0 aromatic rings. The van der Waals surface area contributed by atoms with E-state index < -0.39 is 5.24 Å². The molecule has 0 radical (unpaired) electrons. The van der Waals surface area contributed by atoms with Crippen LogP contribution in [0.4, 0.5) is 0 Å². The Bertz CT molecular complexity index is 119. The van der Waals surface area contributed by atoms with Crippen molar-refractivity contribution < 1.29 is 4.79 Å². The highest BCUT2D eigenvalue weighted by Gasteiger charge is 2.15. The summed E-state index contributed by atoms with van der Waals surface area (Å²) in [5.41, 5.74) is 2.29. The van der Waals surface area contributed by atoms with Gasteiger partial charge >= 0.3 is 0 Å². The first-order chi connectivity index (χ1) is 2.80. The second kappa shape index (κ2) is 0.944. The van der Waals surface area contributed by atoms with Gasteiger partial charge in [-0.3, -0.25) is 10.2 Å². The van der Waals surface area contributed by atoms with Crippen LogP contribution in [0.15, 0.2) is 5.10 Å². The Labute approximate surface area is 39.0 Å². The second-order valence-electron chi connectivity index (χ2n) is 0.846. The van der Waals surface area contributed by atoms with Crippen molar-refractivity contribution in [3.05, 3.63) is 0 Å². The van der Waals surface area contributed by atoms with Crippen molar-refractivity contribution in [2.45, 2.75) is 0 Å². The average molecular weight is 104 g/mol. The van der Waals surface area contributed by atoms with Gasteiger partial charge in [0.25, 0.3) is 5.24 Å². The van der Waals surface area contributed by atoms with Crippen molar-refractivity contribution in [3.63, 3.8) is 0 Å². The zero-order valence-electron chi connectivity index (χ0n) is 2.73. The molecule has 1 heterocycles. The first kappa shape index (κ1) is 3.61. The van der Waals surface area contributed by atoms with E-state index in [1.165, 1.54) is 0 Å². The molecule has 1 N–H and O–H groups in total. The maximum Gasteiger partial charge on any atom is 0.291 e. The van der Waals surface area contributed by atoms with Crippen LogP contribution in [-0.2, 0) is 4.79 Å². The molecular weight excluding hydrogens is 103 g/mol. The zero-order chi connectivity index (χ0) is 4.57. The summed E-state index contributed by atoms with van der Waals surface area (Å²) in [5.74, 6) is 0.261. The van der Waals surface area contributed by atoms with Crippen LogP contribution in [-0.4, -0.2) is 11.1 Å². The number of halogens is 1. The zero-order valence-corrected chi connectivity index (χ0v) is 3.49. The molecule has 4 heteroatoms. The van der Waals surface area contributed by atoms with E-state index >= 15 is 0 Å². The van der Waals surface area contributed by atoms with Crippen LogP contribution in [0.5, 0.6) is 0 Å². The van der Waals surface area contributed by atoms with Gasteiger partial charge in [-0.25, -0.2) is 0 Å². The van der Waals surface area contributed by atoms with E-state index in [4.69, 9.17) is 11.6 Å². The maximum absolute atomic E-state index is 9.78. The predicted molar refractivity (Wildman–Crippen MR) is 21.4 cm³/mol. The Morgan fingerprint density at radius 2 is 2.50 bits per heavy atom. The summed E-state index contributed by atoms with van der Waals surface area (Å²) in [6, 6.07) is 0. The van der Waals surface area contributed by atoms with Crippen LogP contribution in [0, 0.1) is 0 Å². The molecule has 6 heavy (non-hydrogen) atoms. The van der Waals surface area contributed by atoms with Gasteiger partial charge in [-0.15, -0.1) is 5.10 Å².